The van der Waals surface area contributed by atoms with Gasteiger partial charge in [-0.1, -0.05) is 36.4 Å². The van der Waals surface area contributed by atoms with E-state index in [9.17, 15) is 4.79 Å². The monoisotopic (exact) mass is 251 g/mol. The third kappa shape index (κ3) is 2.52. The Morgan fingerprint density at radius 1 is 1.11 bits per heavy atom. The summed E-state index contributed by atoms with van der Waals surface area (Å²) in [7, 11) is 0. The van der Waals surface area contributed by atoms with E-state index < -0.39 is 0 Å². The molecule has 2 heterocycles. The highest BCUT2D eigenvalue weighted by molar-refractivity contribution is 6.13. The number of carbonyl (C=O) groups excluding carboxylic acids is 1. The van der Waals surface area contributed by atoms with Crippen molar-refractivity contribution in [1.29, 1.82) is 0 Å². The van der Waals surface area contributed by atoms with Crippen LogP contribution >= 0.6 is 0 Å². The van der Waals surface area contributed by atoms with Gasteiger partial charge in [-0.25, -0.2) is 5.01 Å². The van der Waals surface area contributed by atoms with E-state index >= 15 is 0 Å². The topological polar surface area (TPSA) is 45.6 Å². The molecule has 1 amide bonds. The van der Waals surface area contributed by atoms with Crippen LogP contribution in [0.1, 0.15) is 17.5 Å². The van der Waals surface area contributed by atoms with E-state index in [1.165, 1.54) is 5.01 Å². The first-order valence-corrected chi connectivity index (χ1v) is 6.15. The molecule has 1 aromatic carbocycles. The lowest BCUT2D eigenvalue weighted by Crippen LogP contribution is -2.20. The van der Waals surface area contributed by atoms with Crippen LogP contribution in [0.5, 0.6) is 0 Å². The summed E-state index contributed by atoms with van der Waals surface area (Å²) >= 11 is 0. The van der Waals surface area contributed by atoms with Gasteiger partial charge in [0.1, 0.15) is 0 Å². The van der Waals surface area contributed by atoms with Crippen molar-refractivity contribution in [3.63, 3.8) is 0 Å². The Bertz CT molecular complexity index is 608. The van der Waals surface area contributed by atoms with Crippen LogP contribution in [0.3, 0.4) is 0 Å². The quantitative estimate of drug-likeness (QED) is 0.839. The molecule has 2 aromatic rings. The van der Waals surface area contributed by atoms with Crippen LogP contribution in [-0.4, -0.2) is 21.6 Å². The van der Waals surface area contributed by atoms with Crippen molar-refractivity contribution < 1.29 is 4.79 Å². The van der Waals surface area contributed by atoms with Crippen molar-refractivity contribution >= 4 is 11.6 Å². The molecule has 0 saturated heterocycles. The number of pyridine rings is 1. The highest BCUT2D eigenvalue weighted by Crippen LogP contribution is 2.17. The average molecular weight is 251 g/mol. The molecule has 3 rings (SSSR count). The normalized spacial score (nSPS) is 14.6. The van der Waals surface area contributed by atoms with Crippen LogP contribution in [0.15, 0.2) is 60.0 Å². The largest absolute Gasteiger partial charge is 0.272 e. The number of benzene rings is 1. The molecule has 4 nitrogen and oxygen atoms in total. The van der Waals surface area contributed by atoms with Crippen molar-refractivity contribution in [2.75, 3.05) is 0 Å². The molecule has 0 fully saturated rings. The molecule has 1 aromatic heterocycles. The van der Waals surface area contributed by atoms with Crippen molar-refractivity contribution in [2.45, 2.75) is 13.0 Å². The lowest BCUT2D eigenvalue weighted by atomic mass is 10.1. The van der Waals surface area contributed by atoms with Gasteiger partial charge in [0.15, 0.2) is 0 Å². The molecule has 0 radical (unpaired) electrons. The zero-order chi connectivity index (χ0) is 13.1. The summed E-state index contributed by atoms with van der Waals surface area (Å²) in [5.74, 6) is 0.0303. The number of hydrogen-bond acceptors (Lipinski definition) is 3. The van der Waals surface area contributed by atoms with Crippen LogP contribution in [0.25, 0.3) is 0 Å². The number of amides is 1. The molecule has 19 heavy (non-hydrogen) atoms. The van der Waals surface area contributed by atoms with E-state index in [1.807, 2.05) is 42.5 Å². The SMILES string of the molecule is O=C1CC(c2ccccc2)=NN1Cc1cccnc1. The van der Waals surface area contributed by atoms with E-state index in [2.05, 4.69) is 10.1 Å². The average Bonchev–Trinajstić information content (AvgIpc) is 2.82. The van der Waals surface area contributed by atoms with Gasteiger partial charge >= 0.3 is 0 Å². The van der Waals surface area contributed by atoms with E-state index in [-0.39, 0.29) is 5.91 Å². The highest BCUT2D eigenvalue weighted by Gasteiger charge is 2.24. The van der Waals surface area contributed by atoms with Gasteiger partial charge in [0.25, 0.3) is 0 Å². The first-order chi connectivity index (χ1) is 9.33. The summed E-state index contributed by atoms with van der Waals surface area (Å²) in [6.07, 6.45) is 3.83. The Morgan fingerprint density at radius 3 is 2.68 bits per heavy atom. The maximum absolute atomic E-state index is 12.0. The van der Waals surface area contributed by atoms with Gasteiger partial charge in [-0.3, -0.25) is 9.78 Å². The molecular weight excluding hydrogens is 238 g/mol. The second-order valence-corrected chi connectivity index (χ2v) is 4.40. The van der Waals surface area contributed by atoms with Crippen LogP contribution in [0, 0.1) is 0 Å². The number of nitrogens with zero attached hydrogens (tertiary/aromatic N) is 3. The summed E-state index contributed by atoms with van der Waals surface area (Å²) in [4.78, 5) is 16.0. The predicted octanol–water partition coefficient (Wildman–Crippen LogP) is 2.22. The van der Waals surface area contributed by atoms with Gasteiger partial charge in [0, 0.05) is 12.4 Å². The molecule has 0 bridgehead atoms. The summed E-state index contributed by atoms with van der Waals surface area (Å²) < 4.78 is 0. The van der Waals surface area contributed by atoms with Gasteiger partial charge in [0.2, 0.25) is 5.91 Å². The third-order valence-electron chi connectivity index (χ3n) is 3.01. The number of hydrogen-bond donors (Lipinski definition) is 0. The molecule has 0 aliphatic carbocycles. The molecule has 0 atom stereocenters. The van der Waals surface area contributed by atoms with Crippen molar-refractivity contribution in [2.24, 2.45) is 5.10 Å². The van der Waals surface area contributed by atoms with Gasteiger partial charge in [-0.2, -0.15) is 5.10 Å². The molecule has 1 aliphatic rings. The fraction of sp³-hybridized carbons (Fsp3) is 0.133. The molecule has 4 heteroatoms. The molecular formula is C15H13N3O. The second-order valence-electron chi connectivity index (χ2n) is 4.40. The molecule has 0 unspecified atom stereocenters. The van der Waals surface area contributed by atoms with Crippen LogP contribution < -0.4 is 0 Å². The van der Waals surface area contributed by atoms with Crippen LogP contribution in [0.4, 0.5) is 0 Å². The molecule has 0 spiro atoms. The van der Waals surface area contributed by atoms with E-state index in [4.69, 9.17) is 0 Å². The minimum absolute atomic E-state index is 0.0303. The predicted molar refractivity (Wildman–Crippen MR) is 72.4 cm³/mol. The van der Waals surface area contributed by atoms with Crippen LogP contribution in [-0.2, 0) is 11.3 Å². The highest BCUT2D eigenvalue weighted by atomic mass is 16.2. The summed E-state index contributed by atoms with van der Waals surface area (Å²) in [6.45, 7) is 0.475. The van der Waals surface area contributed by atoms with E-state index in [0.29, 0.717) is 13.0 Å². The number of hydrazone groups is 1. The van der Waals surface area contributed by atoms with Gasteiger partial charge in [-0.05, 0) is 17.2 Å². The maximum atomic E-state index is 12.0. The molecule has 0 saturated carbocycles. The zero-order valence-corrected chi connectivity index (χ0v) is 10.4. The molecule has 1 aliphatic heterocycles. The Balaban J connectivity index is 1.80. The lowest BCUT2D eigenvalue weighted by Gasteiger charge is -2.10. The third-order valence-corrected chi connectivity index (χ3v) is 3.01. The fourth-order valence-electron chi connectivity index (χ4n) is 2.05. The maximum Gasteiger partial charge on any atom is 0.249 e. The van der Waals surface area contributed by atoms with E-state index in [1.54, 1.807) is 12.4 Å². The van der Waals surface area contributed by atoms with E-state index in [0.717, 1.165) is 16.8 Å². The first kappa shape index (κ1) is 11.6. The smallest absolute Gasteiger partial charge is 0.249 e. The summed E-state index contributed by atoms with van der Waals surface area (Å²) in [5, 5.41) is 5.92. The van der Waals surface area contributed by atoms with Crippen LogP contribution in [0.2, 0.25) is 0 Å². The van der Waals surface area contributed by atoms with Gasteiger partial charge < -0.3 is 0 Å². The minimum Gasteiger partial charge on any atom is -0.272 e. The Kier molecular flexibility index (Phi) is 3.06. The summed E-state index contributed by atoms with van der Waals surface area (Å²) in [5.41, 5.74) is 2.81. The fourth-order valence-corrected chi connectivity index (χ4v) is 2.05. The standard InChI is InChI=1S/C15H13N3O/c19-15-9-14(13-6-2-1-3-7-13)17-18(15)11-12-5-4-8-16-10-12/h1-8,10H,9,11H2. The number of rotatable bonds is 3. The number of carbonyl (C=O) groups is 1. The summed E-state index contributed by atoms with van der Waals surface area (Å²) in [6, 6.07) is 13.6. The van der Waals surface area contributed by atoms with Crippen molar-refractivity contribution in [3.05, 3.63) is 66.0 Å². The first-order valence-electron chi connectivity index (χ1n) is 6.15. The molecule has 94 valence electrons. The van der Waals surface area contributed by atoms with Crippen molar-refractivity contribution in [1.82, 2.24) is 9.99 Å². The Labute approximate surface area is 111 Å². The van der Waals surface area contributed by atoms with Gasteiger partial charge in [0.05, 0.1) is 18.7 Å². The lowest BCUT2D eigenvalue weighted by molar-refractivity contribution is -0.129. The Hall–Kier alpha value is -2.49. The zero-order valence-electron chi connectivity index (χ0n) is 10.4. The minimum atomic E-state index is 0.0303. The second kappa shape index (κ2) is 5.02. The number of aromatic nitrogens is 1. The molecule has 0 N–H and O–H groups in total. The van der Waals surface area contributed by atoms with Gasteiger partial charge in [-0.15, -0.1) is 0 Å². The Morgan fingerprint density at radius 2 is 1.95 bits per heavy atom. The van der Waals surface area contributed by atoms with Crippen molar-refractivity contribution in [3.8, 4) is 0 Å².